The molecule has 19 heteroatoms. The van der Waals surface area contributed by atoms with Crippen LogP contribution in [0.5, 0.6) is 0 Å². The lowest BCUT2D eigenvalue weighted by Gasteiger charge is -2.21. The van der Waals surface area contributed by atoms with Gasteiger partial charge in [-0.05, 0) is 69.1 Å². The first-order valence-electron chi connectivity index (χ1n) is 41.7. The molecule has 3 N–H and O–H groups in total. The molecule has 0 aliphatic rings. The number of hydrogen-bond acceptors (Lipinski definition) is 15. The third-order valence-corrected chi connectivity index (χ3v) is 21.1. The van der Waals surface area contributed by atoms with Gasteiger partial charge in [0.1, 0.15) is 19.3 Å². The van der Waals surface area contributed by atoms with E-state index in [9.17, 15) is 43.2 Å². The number of carbonyl (C=O) groups is 4. The fourth-order valence-corrected chi connectivity index (χ4v) is 13.6. The van der Waals surface area contributed by atoms with Crippen molar-refractivity contribution < 1.29 is 80.2 Å². The number of phosphoric ester groups is 2. The van der Waals surface area contributed by atoms with Crippen LogP contribution in [0.2, 0.25) is 0 Å². The fraction of sp³-hybridized carbons (Fsp3) is 0.902. The number of aliphatic hydroxyl groups is 1. The molecule has 596 valence electrons. The number of hydrogen-bond donors (Lipinski definition) is 3. The first-order chi connectivity index (χ1) is 48.8. The van der Waals surface area contributed by atoms with E-state index in [-0.39, 0.29) is 25.7 Å². The lowest BCUT2D eigenvalue weighted by atomic mass is 9.99. The monoisotopic (exact) mass is 1480 g/mol. The Morgan fingerprint density at radius 1 is 0.327 bits per heavy atom. The van der Waals surface area contributed by atoms with Gasteiger partial charge in [-0.2, -0.15) is 0 Å². The highest BCUT2D eigenvalue weighted by Crippen LogP contribution is 2.45. The van der Waals surface area contributed by atoms with E-state index in [1.807, 2.05) is 0 Å². The van der Waals surface area contributed by atoms with Crippen molar-refractivity contribution in [2.45, 2.75) is 420 Å². The van der Waals surface area contributed by atoms with Gasteiger partial charge in [0.05, 0.1) is 26.4 Å². The predicted molar refractivity (Wildman–Crippen MR) is 414 cm³/mol. The molecule has 0 rings (SSSR count). The van der Waals surface area contributed by atoms with E-state index in [4.69, 9.17) is 37.0 Å². The number of unbranched alkanes of at least 4 members (excludes halogenated alkanes) is 41. The Hall–Kier alpha value is -2.46. The van der Waals surface area contributed by atoms with E-state index in [1.165, 1.54) is 186 Å². The number of rotatable bonds is 78. The average Bonchev–Trinajstić information content (AvgIpc) is 0.934. The zero-order valence-electron chi connectivity index (χ0n) is 65.9. The van der Waals surface area contributed by atoms with Crippen LogP contribution in [0.3, 0.4) is 0 Å². The van der Waals surface area contributed by atoms with Gasteiger partial charge in [-0.15, -0.1) is 0 Å². The van der Waals surface area contributed by atoms with Gasteiger partial charge in [0, 0.05) is 25.7 Å². The minimum absolute atomic E-state index is 0.0992. The lowest BCUT2D eigenvalue weighted by Crippen LogP contribution is -2.30. The highest BCUT2D eigenvalue weighted by Gasteiger charge is 2.30. The molecule has 0 radical (unpaired) electrons. The average molecular weight is 1480 g/mol. The summed E-state index contributed by atoms with van der Waals surface area (Å²) in [6, 6.07) is 0. The van der Waals surface area contributed by atoms with Gasteiger partial charge in [-0.1, -0.05) is 349 Å². The van der Waals surface area contributed by atoms with E-state index in [1.54, 1.807) is 0 Å². The number of phosphoric acid groups is 2. The molecule has 0 bridgehead atoms. The van der Waals surface area contributed by atoms with E-state index < -0.39 is 97.5 Å². The minimum Gasteiger partial charge on any atom is -0.462 e. The number of aliphatic hydroxyl groups excluding tert-OH is 1. The van der Waals surface area contributed by atoms with Crippen molar-refractivity contribution in [3.05, 3.63) is 24.3 Å². The Morgan fingerprint density at radius 2 is 0.584 bits per heavy atom. The fourth-order valence-electron chi connectivity index (χ4n) is 12.1. The van der Waals surface area contributed by atoms with Gasteiger partial charge in [0.25, 0.3) is 0 Å². The van der Waals surface area contributed by atoms with Crippen LogP contribution >= 0.6 is 15.6 Å². The Balaban J connectivity index is 5.23. The Kier molecular flexibility index (Phi) is 70.0. The van der Waals surface area contributed by atoms with Crippen LogP contribution in [0.25, 0.3) is 0 Å². The summed E-state index contributed by atoms with van der Waals surface area (Å²) in [7, 11) is -9.93. The van der Waals surface area contributed by atoms with Crippen LogP contribution in [-0.4, -0.2) is 96.7 Å². The molecular formula is C82H156O17P2. The molecule has 0 amide bonds. The summed E-state index contributed by atoms with van der Waals surface area (Å²) in [6.07, 6.45) is 63.3. The molecule has 17 nitrogen and oxygen atoms in total. The van der Waals surface area contributed by atoms with Crippen molar-refractivity contribution in [2.24, 2.45) is 17.8 Å². The quantitative estimate of drug-likeness (QED) is 0.0169. The van der Waals surface area contributed by atoms with Gasteiger partial charge >= 0.3 is 39.5 Å². The molecule has 0 spiro atoms. The maximum absolute atomic E-state index is 13.1. The summed E-state index contributed by atoms with van der Waals surface area (Å²) in [5.41, 5.74) is 0. The molecule has 0 aromatic carbocycles. The predicted octanol–water partition coefficient (Wildman–Crippen LogP) is 24.1. The number of esters is 4. The van der Waals surface area contributed by atoms with Crippen molar-refractivity contribution in [3.63, 3.8) is 0 Å². The number of ether oxygens (including phenoxy) is 4. The number of allylic oxidation sites excluding steroid dienone is 4. The smallest absolute Gasteiger partial charge is 0.462 e. The molecule has 7 atom stereocenters. The zero-order chi connectivity index (χ0) is 74.4. The van der Waals surface area contributed by atoms with Crippen LogP contribution in [0, 0.1) is 17.8 Å². The zero-order valence-corrected chi connectivity index (χ0v) is 67.6. The van der Waals surface area contributed by atoms with Crippen LogP contribution < -0.4 is 0 Å². The van der Waals surface area contributed by atoms with Gasteiger partial charge in [-0.25, -0.2) is 9.13 Å². The maximum Gasteiger partial charge on any atom is 0.472 e. The lowest BCUT2D eigenvalue weighted by molar-refractivity contribution is -0.161. The first-order valence-corrected chi connectivity index (χ1v) is 44.7. The summed E-state index contributed by atoms with van der Waals surface area (Å²) in [4.78, 5) is 73.0. The summed E-state index contributed by atoms with van der Waals surface area (Å²) < 4.78 is 68.7. The maximum atomic E-state index is 13.1. The third-order valence-electron chi connectivity index (χ3n) is 19.2. The second-order valence-electron chi connectivity index (χ2n) is 29.8. The normalized spacial score (nSPS) is 14.6. The Labute approximate surface area is 618 Å². The molecule has 0 saturated carbocycles. The van der Waals surface area contributed by atoms with Crippen LogP contribution in [0.4, 0.5) is 0 Å². The first kappa shape index (κ1) is 98.5. The summed E-state index contributed by atoms with van der Waals surface area (Å²) in [5.74, 6) is 0.231. The molecule has 5 unspecified atom stereocenters. The van der Waals surface area contributed by atoms with Crippen LogP contribution in [0.1, 0.15) is 402 Å². The summed E-state index contributed by atoms with van der Waals surface area (Å²) >= 11 is 0. The Morgan fingerprint density at radius 3 is 0.881 bits per heavy atom. The standard InChI is InChI=1S/C82H156O17P2/c1-8-11-12-13-14-15-16-17-22-26-29-35-42-49-56-63-79(84)92-69-77(98-82(87)66-59-52-44-37-32-31-34-41-48-55-62-75(7)10-3)71-96-100(88,89)94-67-76(83)68-95-101(90,91)97-72-78(70-93-80(85)64-57-50-45-38-39-46-53-60-73(4)5)99-81(86)65-58-51-43-36-30-27-24-21-19-18-20-23-25-28-33-40-47-54-61-74(6)9-2/h15-17,22,73-78,83H,8-14,18-21,23-72H2,1-7H3,(H,88,89)(H,90,91)/b16-15-,22-17-/t74?,75?,76?,77-,78-/m1/s1. The van der Waals surface area contributed by atoms with Crippen molar-refractivity contribution in [3.8, 4) is 0 Å². The van der Waals surface area contributed by atoms with E-state index >= 15 is 0 Å². The van der Waals surface area contributed by atoms with Gasteiger partial charge in [-0.3, -0.25) is 37.3 Å². The number of carbonyl (C=O) groups excluding carboxylic acids is 4. The van der Waals surface area contributed by atoms with E-state index in [2.05, 4.69) is 72.8 Å². The van der Waals surface area contributed by atoms with Gasteiger partial charge in [0.2, 0.25) is 0 Å². The van der Waals surface area contributed by atoms with Crippen molar-refractivity contribution in [2.75, 3.05) is 39.6 Å². The molecular weight excluding hydrogens is 1320 g/mol. The second kappa shape index (κ2) is 71.8. The van der Waals surface area contributed by atoms with Crippen LogP contribution in [-0.2, 0) is 65.4 Å². The largest absolute Gasteiger partial charge is 0.472 e. The highest BCUT2D eigenvalue weighted by atomic mass is 31.2. The SMILES string of the molecule is CCCCCC/C=C\C=C/CCCCCCCC(=O)OC[C@H](COP(=O)(O)OCC(O)COP(=O)(O)OC[C@@H](COC(=O)CCCCCCCCCC(C)C)OC(=O)CCCCCCCCCCCCCCCCCCCCC(C)CC)OC(=O)CCCCCCCCCCCCC(C)CC. The molecule has 101 heavy (non-hydrogen) atoms. The molecule has 0 aliphatic heterocycles. The third kappa shape index (κ3) is 72.9. The van der Waals surface area contributed by atoms with E-state index in [0.717, 1.165) is 127 Å². The minimum atomic E-state index is -4.97. The molecule has 0 heterocycles. The van der Waals surface area contributed by atoms with Gasteiger partial charge < -0.3 is 33.8 Å². The van der Waals surface area contributed by atoms with Crippen molar-refractivity contribution in [1.82, 2.24) is 0 Å². The highest BCUT2D eigenvalue weighted by molar-refractivity contribution is 7.47. The van der Waals surface area contributed by atoms with Crippen molar-refractivity contribution >= 4 is 39.5 Å². The van der Waals surface area contributed by atoms with Crippen molar-refractivity contribution in [1.29, 1.82) is 0 Å². The molecule has 0 fully saturated rings. The molecule has 0 aliphatic carbocycles. The van der Waals surface area contributed by atoms with Crippen LogP contribution in [0.15, 0.2) is 24.3 Å². The molecule has 0 saturated heterocycles. The summed E-state index contributed by atoms with van der Waals surface area (Å²) in [6.45, 7) is 11.9. The topological polar surface area (TPSA) is 237 Å². The van der Waals surface area contributed by atoms with Gasteiger partial charge in [0.15, 0.2) is 12.2 Å². The Bertz CT molecular complexity index is 2060. The molecule has 0 aromatic rings. The second-order valence-corrected chi connectivity index (χ2v) is 32.7. The van der Waals surface area contributed by atoms with E-state index in [0.29, 0.717) is 31.6 Å². The molecule has 0 aromatic heterocycles. The summed E-state index contributed by atoms with van der Waals surface area (Å²) in [5, 5.41) is 10.6.